The van der Waals surface area contributed by atoms with Gasteiger partial charge in [0.25, 0.3) is 0 Å². The average molecular weight is 693 g/mol. The molecule has 0 heterocycles. The Morgan fingerprint density at radius 3 is 0.714 bits per heavy atom. The number of rotatable bonds is 26. The molecule has 0 saturated carbocycles. The first-order valence-corrected chi connectivity index (χ1v) is 14.3. The van der Waals surface area contributed by atoms with Gasteiger partial charge in [-0.15, -0.1) is 0 Å². The van der Waals surface area contributed by atoms with Crippen molar-refractivity contribution in [1.82, 2.24) is 0 Å². The van der Waals surface area contributed by atoms with E-state index in [1.807, 2.05) is 0 Å². The first kappa shape index (κ1) is 43.2. The van der Waals surface area contributed by atoms with E-state index in [0.29, 0.717) is 0 Å². The predicted molar refractivity (Wildman–Crippen MR) is 168 cm³/mol. The molecule has 0 atom stereocenters. The minimum Gasteiger partial charge on any atom is -0.465 e. The summed E-state index contributed by atoms with van der Waals surface area (Å²) >= 11 is 0. The predicted octanol–water partition coefficient (Wildman–Crippen LogP) is 1.59. The molecular weight excluding hydrogens is 652 g/mol. The summed E-state index contributed by atoms with van der Waals surface area (Å²) in [5.41, 5.74) is -3.10. The van der Waals surface area contributed by atoms with Gasteiger partial charge in [-0.2, -0.15) is 0 Å². The van der Waals surface area contributed by atoms with E-state index in [1.54, 1.807) is 0 Å². The van der Waals surface area contributed by atoms with Gasteiger partial charge in [0.15, 0.2) is 0 Å². The van der Waals surface area contributed by atoms with Crippen LogP contribution in [0.25, 0.3) is 0 Å². The minimum absolute atomic E-state index is 0.0949. The van der Waals surface area contributed by atoms with Crippen LogP contribution in [0.2, 0.25) is 0 Å². The van der Waals surface area contributed by atoms with Crippen molar-refractivity contribution in [2.24, 2.45) is 10.8 Å². The van der Waals surface area contributed by atoms with Crippen molar-refractivity contribution in [3.05, 3.63) is 75.9 Å². The molecule has 0 N–H and O–H groups in total. The second kappa shape index (κ2) is 23.5. The molecule has 0 saturated heterocycles. The lowest BCUT2D eigenvalue weighted by Gasteiger charge is -2.31. The number of carbonyl (C=O) groups excluding carboxylic acids is 8. The highest BCUT2D eigenvalue weighted by Crippen LogP contribution is 2.23. The Labute approximate surface area is 282 Å². The lowest BCUT2D eigenvalue weighted by Crippen LogP contribution is -2.43. The van der Waals surface area contributed by atoms with Crippen LogP contribution in [0.5, 0.6) is 0 Å². The number of ether oxygens (including phenoxy) is 8. The smallest absolute Gasteiger partial charge is 0.330 e. The summed E-state index contributed by atoms with van der Waals surface area (Å²) in [7, 11) is 0. The molecule has 0 amide bonds. The van der Waals surface area contributed by atoms with Gasteiger partial charge in [0.1, 0.15) is 63.7 Å². The number of hydrogen-bond donors (Lipinski definition) is 0. The molecule has 16 nitrogen and oxygen atoms in total. The van der Waals surface area contributed by atoms with Crippen LogP contribution >= 0.6 is 0 Å². The van der Waals surface area contributed by atoms with Gasteiger partial charge in [-0.05, 0) is 6.42 Å². The Morgan fingerprint density at radius 1 is 0.347 bits per heavy atom. The molecular formula is C33H40O16. The summed E-state index contributed by atoms with van der Waals surface area (Å²) in [6, 6.07) is 0. The van der Waals surface area contributed by atoms with Gasteiger partial charge in [-0.1, -0.05) is 39.5 Å². The van der Waals surface area contributed by atoms with Gasteiger partial charge in [0.05, 0.1) is 0 Å². The Morgan fingerprint density at radius 2 is 0.531 bits per heavy atom. The van der Waals surface area contributed by atoms with Crippen LogP contribution in [0.1, 0.15) is 19.3 Å². The molecule has 0 aliphatic carbocycles. The van der Waals surface area contributed by atoms with Crippen molar-refractivity contribution in [3.63, 3.8) is 0 Å². The zero-order valence-corrected chi connectivity index (χ0v) is 27.0. The number of carbonyl (C=O) groups is 8. The Bertz CT molecular complexity index is 1060. The third-order valence-electron chi connectivity index (χ3n) is 5.96. The third kappa shape index (κ3) is 18.8. The first-order valence-electron chi connectivity index (χ1n) is 14.3. The molecule has 0 aromatic carbocycles. The highest BCUT2D eigenvalue weighted by atomic mass is 16.6. The quantitative estimate of drug-likeness (QED) is 0.0716. The van der Waals surface area contributed by atoms with Crippen molar-refractivity contribution in [3.8, 4) is 0 Å². The van der Waals surface area contributed by atoms with Crippen LogP contribution in [0, 0.1) is 10.8 Å². The van der Waals surface area contributed by atoms with Crippen LogP contribution in [-0.4, -0.2) is 101 Å². The van der Waals surface area contributed by atoms with E-state index in [2.05, 4.69) is 39.5 Å². The first-order chi connectivity index (χ1) is 23.2. The molecule has 0 bridgehead atoms. The Hall–Kier alpha value is -5.80. The molecule has 49 heavy (non-hydrogen) atoms. The summed E-state index contributed by atoms with van der Waals surface area (Å²) in [4.78, 5) is 95.6. The zero-order chi connectivity index (χ0) is 37.3. The minimum atomic E-state index is -1.55. The van der Waals surface area contributed by atoms with Crippen LogP contribution < -0.4 is 0 Å². The van der Waals surface area contributed by atoms with Crippen molar-refractivity contribution >= 4 is 47.8 Å². The maximum Gasteiger partial charge on any atom is 0.330 e. The fourth-order valence-corrected chi connectivity index (χ4v) is 3.19. The van der Waals surface area contributed by atoms with E-state index in [0.717, 1.165) is 36.5 Å². The molecule has 16 heteroatoms. The summed E-state index contributed by atoms with van der Waals surface area (Å²) in [5, 5.41) is 0. The van der Waals surface area contributed by atoms with E-state index in [9.17, 15) is 38.4 Å². The molecule has 0 aliphatic heterocycles. The molecule has 268 valence electrons. The lowest BCUT2D eigenvalue weighted by atomic mass is 9.92. The van der Waals surface area contributed by atoms with Crippen molar-refractivity contribution in [2.45, 2.75) is 19.3 Å². The normalized spacial score (nSPS) is 10.4. The fraction of sp³-hybridized carbons (Fsp3) is 0.394. The lowest BCUT2D eigenvalue weighted by molar-refractivity contribution is -0.168. The summed E-state index contributed by atoms with van der Waals surface area (Å²) in [5.74, 6) is -6.84. The average Bonchev–Trinajstić information content (AvgIpc) is 3.12. The summed E-state index contributed by atoms with van der Waals surface area (Å²) < 4.78 is 40.9. The van der Waals surface area contributed by atoms with Crippen LogP contribution in [-0.2, 0) is 76.3 Å². The second-order valence-corrected chi connectivity index (χ2v) is 10.0. The van der Waals surface area contributed by atoms with Crippen molar-refractivity contribution in [2.75, 3.05) is 52.9 Å². The molecule has 0 aromatic rings. The molecule has 0 radical (unpaired) electrons. The summed E-state index contributed by atoms with van der Waals surface area (Å²) in [6.07, 6.45) is 4.42. The fourth-order valence-electron chi connectivity index (χ4n) is 3.19. The molecule has 0 rings (SSSR count). The van der Waals surface area contributed by atoms with Crippen LogP contribution in [0.3, 0.4) is 0 Å². The second-order valence-electron chi connectivity index (χ2n) is 10.0. The van der Waals surface area contributed by atoms with E-state index < -0.39 is 111 Å². The SMILES string of the molecule is C=CC(=O)OCC(COC(=O)C=C)(COC(=O)C=C)COC(=O)CCCC(=O)OCC(COC(=O)C=C)(COC(=O)C=C)COC(=O)C=C. The number of esters is 8. The maximum absolute atomic E-state index is 12.6. The zero-order valence-electron chi connectivity index (χ0n) is 27.0. The van der Waals surface area contributed by atoms with Gasteiger partial charge < -0.3 is 37.9 Å². The molecule has 0 aromatic heterocycles. The van der Waals surface area contributed by atoms with E-state index in [4.69, 9.17) is 37.9 Å². The summed E-state index contributed by atoms with van der Waals surface area (Å²) in [6.45, 7) is 15.4. The van der Waals surface area contributed by atoms with Crippen molar-refractivity contribution in [1.29, 1.82) is 0 Å². The van der Waals surface area contributed by atoms with Crippen LogP contribution in [0.15, 0.2) is 75.9 Å². The van der Waals surface area contributed by atoms with E-state index >= 15 is 0 Å². The van der Waals surface area contributed by atoms with Gasteiger partial charge in [0.2, 0.25) is 0 Å². The topological polar surface area (TPSA) is 210 Å². The van der Waals surface area contributed by atoms with Crippen molar-refractivity contribution < 1.29 is 76.3 Å². The van der Waals surface area contributed by atoms with Gasteiger partial charge >= 0.3 is 47.8 Å². The highest BCUT2D eigenvalue weighted by Gasteiger charge is 2.39. The molecule has 0 fully saturated rings. The standard InChI is InChI=1S/C33H40O16/c1-7-24(34)42-16-32(17-43-25(35)8-2,18-44-26(36)9-3)22-48-30(40)14-13-15-31(41)49-23-33(19-45-27(37)10-4,20-46-28(38)11-5)21-47-29(39)12-6/h7-12H,1-6,13-23H2. The largest absolute Gasteiger partial charge is 0.465 e. The highest BCUT2D eigenvalue weighted by molar-refractivity contribution is 5.83. The van der Waals surface area contributed by atoms with E-state index in [-0.39, 0.29) is 19.3 Å². The number of hydrogen-bond acceptors (Lipinski definition) is 16. The van der Waals surface area contributed by atoms with Gasteiger partial charge in [0, 0.05) is 49.3 Å². The van der Waals surface area contributed by atoms with Gasteiger partial charge in [-0.25, -0.2) is 28.8 Å². The molecule has 0 aliphatic rings. The monoisotopic (exact) mass is 692 g/mol. The molecule has 0 spiro atoms. The molecule has 0 unspecified atom stereocenters. The maximum atomic E-state index is 12.6. The van der Waals surface area contributed by atoms with Gasteiger partial charge in [-0.3, -0.25) is 9.59 Å². The third-order valence-corrected chi connectivity index (χ3v) is 5.96. The van der Waals surface area contributed by atoms with Crippen LogP contribution in [0.4, 0.5) is 0 Å². The Kier molecular flexibility index (Phi) is 20.7. The Balaban J connectivity index is 5.57. The van der Waals surface area contributed by atoms with E-state index in [1.165, 1.54) is 0 Å².